The van der Waals surface area contributed by atoms with E-state index in [9.17, 15) is 14.9 Å². The van der Waals surface area contributed by atoms with Crippen molar-refractivity contribution >= 4 is 23.6 Å². The van der Waals surface area contributed by atoms with E-state index >= 15 is 0 Å². The van der Waals surface area contributed by atoms with Crippen LogP contribution in [0.1, 0.15) is 44.6 Å². The molecule has 2 aromatic rings. The number of amides is 2. The summed E-state index contributed by atoms with van der Waals surface area (Å²) in [5, 5.41) is 15.2. The van der Waals surface area contributed by atoms with Crippen LogP contribution in [0.2, 0.25) is 0 Å². The molecule has 0 bridgehead atoms. The number of para-hydroxylation sites is 2. The fourth-order valence-electron chi connectivity index (χ4n) is 3.90. The molecule has 1 aliphatic rings. The van der Waals surface area contributed by atoms with Gasteiger partial charge in [0, 0.05) is 6.04 Å². The Morgan fingerprint density at radius 2 is 1.83 bits per heavy atom. The lowest BCUT2D eigenvalue weighted by molar-refractivity contribution is -0.118. The third kappa shape index (κ3) is 7.51. The zero-order valence-corrected chi connectivity index (χ0v) is 20.1. The smallest absolute Gasteiger partial charge is 0.262 e. The summed E-state index contributed by atoms with van der Waals surface area (Å²) >= 11 is 0. The molecule has 2 aromatic carbocycles. The van der Waals surface area contributed by atoms with Crippen molar-refractivity contribution in [2.45, 2.75) is 45.1 Å². The van der Waals surface area contributed by atoms with Crippen LogP contribution in [0.3, 0.4) is 0 Å². The van der Waals surface area contributed by atoms with Crippen molar-refractivity contribution in [2.24, 2.45) is 0 Å². The van der Waals surface area contributed by atoms with E-state index in [0.717, 1.165) is 25.7 Å². The molecule has 2 N–H and O–H groups in total. The standard InChI is InChI=1S/C27H31N3O5/c1-3-34-25-16-19(15-20(17-28)27(32)29-21-9-5-4-6-10-21)13-14-24(25)35-18-26(31)30-22-11-7-8-12-23(22)33-2/h7-8,11-16,21H,3-6,9-10,18H2,1-2H3,(H,29,32)(H,30,31). The van der Waals surface area contributed by atoms with Gasteiger partial charge in [-0.2, -0.15) is 5.26 Å². The Morgan fingerprint density at radius 1 is 1.06 bits per heavy atom. The summed E-state index contributed by atoms with van der Waals surface area (Å²) in [4.78, 5) is 25.0. The molecule has 0 heterocycles. The second kappa shape index (κ2) is 13.0. The van der Waals surface area contributed by atoms with Crippen LogP contribution in [0.25, 0.3) is 6.08 Å². The van der Waals surface area contributed by atoms with E-state index in [1.165, 1.54) is 19.6 Å². The number of benzene rings is 2. The van der Waals surface area contributed by atoms with Gasteiger partial charge < -0.3 is 24.8 Å². The van der Waals surface area contributed by atoms with Crippen molar-refractivity contribution in [3.63, 3.8) is 0 Å². The topological polar surface area (TPSA) is 110 Å². The third-order valence-electron chi connectivity index (χ3n) is 5.62. The zero-order chi connectivity index (χ0) is 25.0. The number of rotatable bonds is 10. The highest BCUT2D eigenvalue weighted by molar-refractivity contribution is 6.01. The molecule has 0 aliphatic heterocycles. The summed E-state index contributed by atoms with van der Waals surface area (Å²) in [6.45, 7) is 1.98. The third-order valence-corrected chi connectivity index (χ3v) is 5.62. The average molecular weight is 478 g/mol. The van der Waals surface area contributed by atoms with Crippen molar-refractivity contribution in [3.8, 4) is 23.3 Å². The van der Waals surface area contributed by atoms with Crippen LogP contribution in [-0.2, 0) is 9.59 Å². The molecule has 35 heavy (non-hydrogen) atoms. The first-order valence-corrected chi connectivity index (χ1v) is 11.8. The highest BCUT2D eigenvalue weighted by Gasteiger charge is 2.18. The van der Waals surface area contributed by atoms with Crippen LogP contribution >= 0.6 is 0 Å². The Balaban J connectivity index is 1.67. The lowest BCUT2D eigenvalue weighted by Gasteiger charge is -2.22. The minimum Gasteiger partial charge on any atom is -0.495 e. The summed E-state index contributed by atoms with van der Waals surface area (Å²) in [5.41, 5.74) is 1.20. The molecule has 2 amide bonds. The van der Waals surface area contributed by atoms with Crippen molar-refractivity contribution in [2.75, 3.05) is 25.6 Å². The summed E-state index contributed by atoms with van der Waals surface area (Å²) in [7, 11) is 1.53. The zero-order valence-electron chi connectivity index (χ0n) is 20.1. The molecular formula is C27H31N3O5. The lowest BCUT2D eigenvalue weighted by atomic mass is 9.95. The largest absolute Gasteiger partial charge is 0.495 e. The van der Waals surface area contributed by atoms with Crippen LogP contribution < -0.4 is 24.8 Å². The van der Waals surface area contributed by atoms with E-state index in [-0.39, 0.29) is 30.0 Å². The molecule has 184 valence electrons. The molecule has 3 rings (SSSR count). The molecule has 0 radical (unpaired) electrons. The van der Waals surface area contributed by atoms with Crippen LogP contribution in [0.5, 0.6) is 17.2 Å². The molecule has 1 saturated carbocycles. The van der Waals surface area contributed by atoms with Crippen LogP contribution in [0, 0.1) is 11.3 Å². The predicted octanol–water partition coefficient (Wildman–Crippen LogP) is 4.47. The molecule has 0 atom stereocenters. The molecule has 8 nitrogen and oxygen atoms in total. The number of methoxy groups -OCH3 is 1. The van der Waals surface area contributed by atoms with Crippen molar-refractivity contribution in [1.82, 2.24) is 5.32 Å². The van der Waals surface area contributed by atoms with Gasteiger partial charge in [-0.05, 0) is 55.7 Å². The fourth-order valence-corrected chi connectivity index (χ4v) is 3.90. The molecule has 8 heteroatoms. The van der Waals surface area contributed by atoms with Crippen LogP contribution in [0.15, 0.2) is 48.0 Å². The highest BCUT2D eigenvalue weighted by Crippen LogP contribution is 2.30. The van der Waals surface area contributed by atoms with E-state index in [0.29, 0.717) is 35.1 Å². The van der Waals surface area contributed by atoms with Crippen molar-refractivity contribution < 1.29 is 23.8 Å². The fraction of sp³-hybridized carbons (Fsp3) is 0.370. The normalized spacial score (nSPS) is 13.9. The average Bonchev–Trinajstić information content (AvgIpc) is 2.87. The van der Waals surface area contributed by atoms with Gasteiger partial charge in [-0.15, -0.1) is 0 Å². The van der Waals surface area contributed by atoms with E-state index in [1.807, 2.05) is 19.1 Å². The van der Waals surface area contributed by atoms with Crippen molar-refractivity contribution in [1.29, 1.82) is 5.26 Å². The monoisotopic (exact) mass is 477 g/mol. The number of anilines is 1. The van der Waals surface area contributed by atoms with E-state index < -0.39 is 0 Å². The minimum atomic E-state index is -0.370. The van der Waals surface area contributed by atoms with Gasteiger partial charge in [-0.25, -0.2) is 0 Å². The van der Waals surface area contributed by atoms with Gasteiger partial charge in [0.2, 0.25) is 0 Å². The Morgan fingerprint density at radius 3 is 2.54 bits per heavy atom. The molecule has 0 saturated heterocycles. The quantitative estimate of drug-likeness (QED) is 0.386. The second-order valence-electron chi connectivity index (χ2n) is 8.15. The number of carbonyl (C=O) groups excluding carboxylic acids is 2. The van der Waals surface area contributed by atoms with Gasteiger partial charge in [0.15, 0.2) is 18.1 Å². The maximum atomic E-state index is 12.6. The van der Waals surface area contributed by atoms with E-state index in [2.05, 4.69) is 10.6 Å². The van der Waals surface area contributed by atoms with Crippen molar-refractivity contribution in [3.05, 3.63) is 53.6 Å². The first kappa shape index (κ1) is 25.6. The first-order valence-electron chi connectivity index (χ1n) is 11.8. The SMILES string of the molecule is CCOc1cc(C=C(C#N)C(=O)NC2CCCCC2)ccc1OCC(=O)Nc1ccccc1OC. The van der Waals surface area contributed by atoms with Crippen LogP contribution in [0.4, 0.5) is 5.69 Å². The summed E-state index contributed by atoms with van der Waals surface area (Å²) in [6.07, 6.45) is 6.77. The summed E-state index contributed by atoms with van der Waals surface area (Å²) in [6, 6.07) is 14.2. The second-order valence-corrected chi connectivity index (χ2v) is 8.15. The molecule has 0 spiro atoms. The number of carbonyl (C=O) groups is 2. The lowest BCUT2D eigenvalue weighted by Crippen LogP contribution is -2.36. The Bertz CT molecular complexity index is 1100. The molecule has 0 unspecified atom stereocenters. The summed E-state index contributed by atoms with van der Waals surface area (Å²) in [5.74, 6) is 0.617. The number of ether oxygens (including phenoxy) is 3. The van der Waals surface area contributed by atoms with Crippen LogP contribution in [-0.4, -0.2) is 38.2 Å². The maximum Gasteiger partial charge on any atom is 0.262 e. The van der Waals surface area contributed by atoms with Gasteiger partial charge >= 0.3 is 0 Å². The summed E-state index contributed by atoms with van der Waals surface area (Å²) < 4.78 is 16.6. The maximum absolute atomic E-state index is 12.6. The number of nitrogens with zero attached hydrogens (tertiary/aromatic N) is 1. The molecule has 0 aromatic heterocycles. The van der Waals surface area contributed by atoms with Gasteiger partial charge in [-0.1, -0.05) is 37.5 Å². The van der Waals surface area contributed by atoms with Gasteiger partial charge in [0.05, 0.1) is 19.4 Å². The molecule has 1 fully saturated rings. The van der Waals surface area contributed by atoms with E-state index in [1.54, 1.807) is 36.4 Å². The predicted molar refractivity (Wildman–Crippen MR) is 133 cm³/mol. The molecule has 1 aliphatic carbocycles. The first-order chi connectivity index (χ1) is 17.0. The number of nitrogens with one attached hydrogen (secondary N) is 2. The molecular weight excluding hydrogens is 446 g/mol. The Hall–Kier alpha value is -3.99. The number of nitriles is 1. The van der Waals surface area contributed by atoms with Gasteiger partial charge in [0.1, 0.15) is 17.4 Å². The number of hydrogen-bond donors (Lipinski definition) is 2. The number of hydrogen-bond acceptors (Lipinski definition) is 6. The van der Waals surface area contributed by atoms with Gasteiger partial charge in [0.25, 0.3) is 11.8 Å². The Labute approximate surface area is 205 Å². The Kier molecular flexibility index (Phi) is 9.55. The van der Waals surface area contributed by atoms with Gasteiger partial charge in [-0.3, -0.25) is 9.59 Å². The minimum absolute atomic E-state index is 0.0304. The van der Waals surface area contributed by atoms with E-state index in [4.69, 9.17) is 14.2 Å². The highest BCUT2D eigenvalue weighted by atomic mass is 16.5.